The third kappa shape index (κ3) is 7.20. The summed E-state index contributed by atoms with van der Waals surface area (Å²) in [5.74, 6) is 0.573. The number of aryl methyl sites for hydroxylation is 1. The van der Waals surface area contributed by atoms with Crippen LogP contribution in [0.15, 0.2) is 24.3 Å². The van der Waals surface area contributed by atoms with Gasteiger partial charge in [-0.1, -0.05) is 59.1 Å². The molecule has 0 spiro atoms. The molecule has 0 N–H and O–H groups in total. The van der Waals surface area contributed by atoms with Gasteiger partial charge in [-0.25, -0.2) is 4.79 Å². The predicted octanol–water partition coefficient (Wildman–Crippen LogP) is 6.18. The molecule has 0 saturated carbocycles. The Balaban J connectivity index is 2.51. The second kappa shape index (κ2) is 11.3. The Labute approximate surface area is 142 Å². The van der Waals surface area contributed by atoms with Crippen molar-refractivity contribution in [2.24, 2.45) is 5.92 Å². The Bertz CT molecular complexity index is 432. The zero-order valence-electron chi connectivity index (χ0n) is 15.4. The molecule has 0 saturated heterocycles. The number of hydrogen-bond donors (Lipinski definition) is 0. The van der Waals surface area contributed by atoms with Crippen LogP contribution in [0.3, 0.4) is 0 Å². The molecule has 0 fully saturated rings. The topological polar surface area (TPSA) is 26.3 Å². The number of ether oxygens (including phenoxy) is 1. The molecule has 1 rings (SSSR count). The fraction of sp³-hybridized carbons (Fsp3) is 0.667. The lowest BCUT2D eigenvalue weighted by molar-refractivity contribution is 0.0257. The average molecular weight is 319 g/mol. The first-order chi connectivity index (χ1) is 11.1. The highest BCUT2D eigenvalue weighted by Gasteiger charge is 2.16. The number of benzene rings is 1. The maximum atomic E-state index is 12.3. The van der Waals surface area contributed by atoms with Gasteiger partial charge in [-0.3, -0.25) is 0 Å². The zero-order chi connectivity index (χ0) is 17.1. The second-order valence-corrected chi connectivity index (χ2v) is 6.50. The first-order valence-corrected chi connectivity index (χ1v) is 9.44. The standard InChI is InChI=1S/C21H34O2/c1-5-9-10-18-11-14-19(15-12-18)21(22)23-20(8-4)16-13-17(6-2)7-3/h11-12,14-15,17,20H,5-10,13,16H2,1-4H3. The number of unbranched alkanes of at least 4 members (excludes halogenated alkanes) is 1. The molecule has 1 aromatic carbocycles. The lowest BCUT2D eigenvalue weighted by atomic mass is 9.95. The molecule has 130 valence electrons. The average Bonchev–Trinajstić information content (AvgIpc) is 2.59. The van der Waals surface area contributed by atoms with Crippen LogP contribution in [0.25, 0.3) is 0 Å². The van der Waals surface area contributed by atoms with Crippen LogP contribution in [0.4, 0.5) is 0 Å². The summed E-state index contributed by atoms with van der Waals surface area (Å²) >= 11 is 0. The lowest BCUT2D eigenvalue weighted by Crippen LogP contribution is -2.18. The van der Waals surface area contributed by atoms with E-state index in [0.717, 1.165) is 31.6 Å². The van der Waals surface area contributed by atoms with Gasteiger partial charge in [0.25, 0.3) is 0 Å². The fourth-order valence-electron chi connectivity index (χ4n) is 2.87. The van der Waals surface area contributed by atoms with Gasteiger partial charge in [0.2, 0.25) is 0 Å². The number of hydrogen-bond acceptors (Lipinski definition) is 2. The van der Waals surface area contributed by atoms with Gasteiger partial charge in [0, 0.05) is 0 Å². The van der Waals surface area contributed by atoms with Crippen molar-refractivity contribution in [3.05, 3.63) is 35.4 Å². The molecule has 0 bridgehead atoms. The Morgan fingerprint density at radius 1 is 0.957 bits per heavy atom. The van der Waals surface area contributed by atoms with Crippen molar-refractivity contribution < 1.29 is 9.53 Å². The molecule has 0 aliphatic heterocycles. The van der Waals surface area contributed by atoms with Crippen LogP contribution < -0.4 is 0 Å². The molecule has 23 heavy (non-hydrogen) atoms. The summed E-state index contributed by atoms with van der Waals surface area (Å²) in [4.78, 5) is 12.3. The minimum Gasteiger partial charge on any atom is -0.459 e. The van der Waals surface area contributed by atoms with E-state index >= 15 is 0 Å². The van der Waals surface area contributed by atoms with Crippen LogP contribution in [-0.4, -0.2) is 12.1 Å². The Hall–Kier alpha value is -1.31. The van der Waals surface area contributed by atoms with Crippen molar-refractivity contribution in [2.45, 2.75) is 85.2 Å². The monoisotopic (exact) mass is 318 g/mol. The molecule has 1 aromatic rings. The lowest BCUT2D eigenvalue weighted by Gasteiger charge is -2.19. The zero-order valence-corrected chi connectivity index (χ0v) is 15.4. The maximum Gasteiger partial charge on any atom is 0.338 e. The molecule has 1 unspecified atom stereocenters. The highest BCUT2D eigenvalue weighted by Crippen LogP contribution is 2.19. The summed E-state index contributed by atoms with van der Waals surface area (Å²) in [5.41, 5.74) is 1.97. The quantitative estimate of drug-likeness (QED) is 0.455. The van der Waals surface area contributed by atoms with E-state index in [4.69, 9.17) is 4.74 Å². The Morgan fingerprint density at radius 2 is 1.61 bits per heavy atom. The Kier molecular flexibility index (Phi) is 9.66. The van der Waals surface area contributed by atoms with E-state index in [1.165, 1.54) is 31.2 Å². The Morgan fingerprint density at radius 3 is 2.13 bits per heavy atom. The van der Waals surface area contributed by atoms with Crippen molar-refractivity contribution in [2.75, 3.05) is 0 Å². The molecular formula is C21H34O2. The summed E-state index contributed by atoms with van der Waals surface area (Å²) < 4.78 is 5.71. The van der Waals surface area contributed by atoms with Crippen molar-refractivity contribution in [1.82, 2.24) is 0 Å². The second-order valence-electron chi connectivity index (χ2n) is 6.50. The van der Waals surface area contributed by atoms with Gasteiger partial charge in [-0.15, -0.1) is 0 Å². The van der Waals surface area contributed by atoms with Gasteiger partial charge in [-0.05, 0) is 55.7 Å². The van der Waals surface area contributed by atoms with E-state index in [1.807, 2.05) is 12.1 Å². The molecule has 0 heterocycles. The van der Waals surface area contributed by atoms with Crippen LogP contribution in [0.2, 0.25) is 0 Å². The highest BCUT2D eigenvalue weighted by molar-refractivity contribution is 5.89. The molecule has 0 aliphatic rings. The van der Waals surface area contributed by atoms with Gasteiger partial charge in [0.15, 0.2) is 0 Å². The fourth-order valence-corrected chi connectivity index (χ4v) is 2.87. The van der Waals surface area contributed by atoms with E-state index in [2.05, 4.69) is 39.8 Å². The molecule has 0 aromatic heterocycles. The van der Waals surface area contributed by atoms with Crippen LogP contribution >= 0.6 is 0 Å². The SMILES string of the molecule is CCCCc1ccc(C(=O)OC(CC)CCC(CC)CC)cc1. The van der Waals surface area contributed by atoms with Gasteiger partial charge >= 0.3 is 5.97 Å². The summed E-state index contributed by atoms with van der Waals surface area (Å²) in [5, 5.41) is 0. The minimum absolute atomic E-state index is 0.0443. The first kappa shape index (κ1) is 19.7. The van der Waals surface area contributed by atoms with Crippen molar-refractivity contribution >= 4 is 5.97 Å². The predicted molar refractivity (Wildman–Crippen MR) is 97.9 cm³/mol. The van der Waals surface area contributed by atoms with Crippen LogP contribution in [-0.2, 0) is 11.2 Å². The molecular weight excluding hydrogens is 284 g/mol. The van der Waals surface area contributed by atoms with E-state index < -0.39 is 0 Å². The van der Waals surface area contributed by atoms with Crippen LogP contribution in [0, 0.1) is 5.92 Å². The maximum absolute atomic E-state index is 12.3. The van der Waals surface area contributed by atoms with Gasteiger partial charge in [0.05, 0.1) is 5.56 Å². The van der Waals surface area contributed by atoms with Crippen molar-refractivity contribution in [3.8, 4) is 0 Å². The van der Waals surface area contributed by atoms with Crippen molar-refractivity contribution in [1.29, 1.82) is 0 Å². The van der Waals surface area contributed by atoms with E-state index in [0.29, 0.717) is 5.56 Å². The molecule has 1 atom stereocenters. The normalized spacial score (nSPS) is 12.4. The van der Waals surface area contributed by atoms with Crippen LogP contribution in [0.5, 0.6) is 0 Å². The smallest absolute Gasteiger partial charge is 0.338 e. The molecule has 0 amide bonds. The largest absolute Gasteiger partial charge is 0.459 e. The van der Waals surface area contributed by atoms with E-state index in [1.54, 1.807) is 0 Å². The number of carbonyl (C=O) groups excluding carboxylic acids is 1. The summed E-state index contributed by atoms with van der Waals surface area (Å²) in [7, 11) is 0. The summed E-state index contributed by atoms with van der Waals surface area (Å²) in [6.45, 7) is 8.76. The number of rotatable bonds is 11. The molecule has 0 radical (unpaired) electrons. The third-order valence-corrected chi connectivity index (χ3v) is 4.79. The summed E-state index contributed by atoms with van der Waals surface area (Å²) in [6, 6.07) is 7.91. The third-order valence-electron chi connectivity index (χ3n) is 4.79. The van der Waals surface area contributed by atoms with Gasteiger partial charge < -0.3 is 4.74 Å². The number of esters is 1. The van der Waals surface area contributed by atoms with Crippen LogP contribution in [0.1, 0.15) is 88.6 Å². The van der Waals surface area contributed by atoms with E-state index in [9.17, 15) is 4.79 Å². The number of carbonyl (C=O) groups is 1. The molecule has 2 heteroatoms. The molecule has 2 nitrogen and oxygen atoms in total. The van der Waals surface area contributed by atoms with E-state index in [-0.39, 0.29) is 12.1 Å². The van der Waals surface area contributed by atoms with Gasteiger partial charge in [-0.2, -0.15) is 0 Å². The summed E-state index contributed by atoms with van der Waals surface area (Å²) in [6.07, 6.45) is 8.94. The molecule has 0 aliphatic carbocycles. The highest BCUT2D eigenvalue weighted by atomic mass is 16.5. The van der Waals surface area contributed by atoms with Crippen molar-refractivity contribution in [3.63, 3.8) is 0 Å². The first-order valence-electron chi connectivity index (χ1n) is 9.44. The van der Waals surface area contributed by atoms with Gasteiger partial charge in [0.1, 0.15) is 6.10 Å². The minimum atomic E-state index is -0.177.